The van der Waals surface area contributed by atoms with E-state index in [1.807, 2.05) is 30.3 Å². The number of hydrogen-bond acceptors (Lipinski definition) is 3. The SMILES string of the molecule is O=C(O)C[C@@H]1Cc2c([nH]c3ccccc23)[C@@H](c2ccccc2O)N1. The van der Waals surface area contributed by atoms with Gasteiger partial charge in [-0.05, 0) is 24.1 Å². The number of hydrogen-bond donors (Lipinski definition) is 4. The number of para-hydroxylation sites is 2. The summed E-state index contributed by atoms with van der Waals surface area (Å²) in [5.41, 5.74) is 3.91. The number of H-pyrrole nitrogens is 1. The largest absolute Gasteiger partial charge is 0.508 e. The minimum atomic E-state index is -0.827. The van der Waals surface area contributed by atoms with Crippen molar-refractivity contribution < 1.29 is 15.0 Å². The van der Waals surface area contributed by atoms with Crippen LogP contribution < -0.4 is 5.32 Å². The molecule has 0 fully saturated rings. The number of fused-ring (bicyclic) bond motifs is 3. The van der Waals surface area contributed by atoms with Crippen LogP contribution in [0.15, 0.2) is 48.5 Å². The Balaban J connectivity index is 1.87. The second-order valence-electron chi connectivity index (χ2n) is 6.22. The number of carboxylic acid groups (broad SMARTS) is 1. The van der Waals surface area contributed by atoms with Crippen LogP contribution in [-0.4, -0.2) is 27.2 Å². The lowest BCUT2D eigenvalue weighted by molar-refractivity contribution is -0.137. The minimum absolute atomic E-state index is 0.0447. The number of carboxylic acids is 1. The van der Waals surface area contributed by atoms with Gasteiger partial charge in [-0.3, -0.25) is 4.79 Å². The highest BCUT2D eigenvalue weighted by molar-refractivity contribution is 5.85. The van der Waals surface area contributed by atoms with Gasteiger partial charge in [0, 0.05) is 28.2 Å². The summed E-state index contributed by atoms with van der Waals surface area (Å²) < 4.78 is 0. The predicted molar refractivity (Wildman–Crippen MR) is 91.1 cm³/mol. The van der Waals surface area contributed by atoms with Crippen LogP contribution in [0.3, 0.4) is 0 Å². The molecule has 5 heteroatoms. The van der Waals surface area contributed by atoms with Crippen molar-refractivity contribution in [2.24, 2.45) is 0 Å². The van der Waals surface area contributed by atoms with E-state index in [0.29, 0.717) is 6.42 Å². The number of aromatic hydroxyl groups is 1. The molecule has 5 nitrogen and oxygen atoms in total. The molecule has 3 aromatic rings. The van der Waals surface area contributed by atoms with Crippen LogP contribution in [0.2, 0.25) is 0 Å². The van der Waals surface area contributed by atoms with E-state index in [0.717, 1.165) is 27.7 Å². The molecular formula is C19H18N2O3. The summed E-state index contributed by atoms with van der Waals surface area (Å²) in [4.78, 5) is 14.6. The molecule has 0 spiro atoms. The van der Waals surface area contributed by atoms with Crippen molar-refractivity contribution in [2.75, 3.05) is 0 Å². The van der Waals surface area contributed by atoms with Gasteiger partial charge in [-0.15, -0.1) is 0 Å². The van der Waals surface area contributed by atoms with Crippen molar-refractivity contribution in [3.8, 4) is 5.75 Å². The third kappa shape index (κ3) is 2.43. The summed E-state index contributed by atoms with van der Waals surface area (Å²) in [5.74, 6) is -0.623. The van der Waals surface area contributed by atoms with E-state index >= 15 is 0 Å². The number of benzene rings is 2. The summed E-state index contributed by atoms with van der Waals surface area (Å²) in [6.07, 6.45) is 0.693. The Labute approximate surface area is 138 Å². The van der Waals surface area contributed by atoms with Crippen molar-refractivity contribution >= 4 is 16.9 Å². The molecular weight excluding hydrogens is 304 g/mol. The van der Waals surface area contributed by atoms with Crippen LogP contribution in [0, 0.1) is 0 Å². The lowest BCUT2D eigenvalue weighted by Gasteiger charge is -2.31. The van der Waals surface area contributed by atoms with Gasteiger partial charge in [-0.1, -0.05) is 36.4 Å². The molecule has 1 aliphatic heterocycles. The maximum atomic E-state index is 11.2. The minimum Gasteiger partial charge on any atom is -0.508 e. The summed E-state index contributed by atoms with van der Waals surface area (Å²) in [6, 6.07) is 14.8. The van der Waals surface area contributed by atoms with Crippen LogP contribution in [0.5, 0.6) is 5.75 Å². The Kier molecular flexibility index (Phi) is 3.50. The summed E-state index contributed by atoms with van der Waals surface area (Å²) in [5, 5.41) is 24.0. The molecule has 0 bridgehead atoms. The predicted octanol–water partition coefficient (Wildman–Crippen LogP) is 2.95. The summed E-state index contributed by atoms with van der Waals surface area (Å²) >= 11 is 0. The van der Waals surface area contributed by atoms with Crippen molar-refractivity contribution in [2.45, 2.75) is 24.9 Å². The van der Waals surface area contributed by atoms with Crippen molar-refractivity contribution in [3.63, 3.8) is 0 Å². The van der Waals surface area contributed by atoms with E-state index < -0.39 is 5.97 Å². The normalized spacial score (nSPS) is 20.0. The number of phenols is 1. The van der Waals surface area contributed by atoms with Crippen molar-refractivity contribution in [1.29, 1.82) is 0 Å². The zero-order valence-electron chi connectivity index (χ0n) is 13.0. The molecule has 122 valence electrons. The third-order valence-electron chi connectivity index (χ3n) is 4.66. The molecule has 4 N–H and O–H groups in total. The highest BCUT2D eigenvalue weighted by Crippen LogP contribution is 2.38. The molecule has 4 rings (SSSR count). The van der Waals surface area contributed by atoms with E-state index in [-0.39, 0.29) is 24.3 Å². The number of phenolic OH excluding ortho intramolecular Hbond substituents is 1. The fourth-order valence-corrected chi connectivity index (χ4v) is 3.63. The molecule has 2 aromatic carbocycles. The lowest BCUT2D eigenvalue weighted by Crippen LogP contribution is -2.41. The molecule has 2 atom stereocenters. The van der Waals surface area contributed by atoms with Crippen LogP contribution in [-0.2, 0) is 11.2 Å². The van der Waals surface area contributed by atoms with Gasteiger partial charge in [-0.2, -0.15) is 0 Å². The van der Waals surface area contributed by atoms with Gasteiger partial charge >= 0.3 is 5.97 Å². The Bertz CT molecular complexity index is 916. The summed E-state index contributed by atoms with van der Waals surface area (Å²) in [7, 11) is 0. The molecule has 0 aliphatic carbocycles. The first-order valence-corrected chi connectivity index (χ1v) is 7.98. The van der Waals surface area contributed by atoms with Crippen LogP contribution in [0.1, 0.15) is 29.3 Å². The van der Waals surface area contributed by atoms with E-state index in [2.05, 4.69) is 16.4 Å². The standard InChI is InChI=1S/C19H18N2O3/c22-16-8-4-2-6-13(16)18-19-14(9-11(20-18)10-17(23)24)12-5-1-3-7-15(12)21-19/h1-8,11,18,20-22H,9-10H2,(H,23,24)/t11-,18+/m0/s1. The van der Waals surface area contributed by atoms with Gasteiger partial charge in [0.05, 0.1) is 12.5 Å². The monoisotopic (exact) mass is 322 g/mol. The van der Waals surface area contributed by atoms with Gasteiger partial charge in [0.15, 0.2) is 0 Å². The molecule has 24 heavy (non-hydrogen) atoms. The zero-order valence-corrected chi connectivity index (χ0v) is 13.0. The molecule has 2 heterocycles. The molecule has 0 radical (unpaired) electrons. The fourth-order valence-electron chi connectivity index (χ4n) is 3.63. The highest BCUT2D eigenvalue weighted by atomic mass is 16.4. The molecule has 0 saturated carbocycles. The Morgan fingerprint density at radius 2 is 1.88 bits per heavy atom. The third-order valence-corrected chi connectivity index (χ3v) is 4.66. The van der Waals surface area contributed by atoms with Gasteiger partial charge < -0.3 is 20.5 Å². The Morgan fingerprint density at radius 3 is 2.67 bits per heavy atom. The van der Waals surface area contributed by atoms with Crippen LogP contribution >= 0.6 is 0 Å². The van der Waals surface area contributed by atoms with Crippen LogP contribution in [0.25, 0.3) is 10.9 Å². The van der Waals surface area contributed by atoms with Gasteiger partial charge in [0.2, 0.25) is 0 Å². The number of aromatic nitrogens is 1. The van der Waals surface area contributed by atoms with Gasteiger partial charge in [-0.25, -0.2) is 0 Å². The van der Waals surface area contributed by atoms with Crippen molar-refractivity contribution in [1.82, 2.24) is 10.3 Å². The quantitative estimate of drug-likeness (QED) is 0.597. The average Bonchev–Trinajstić information content (AvgIpc) is 2.93. The van der Waals surface area contributed by atoms with Crippen LogP contribution in [0.4, 0.5) is 0 Å². The number of rotatable bonds is 3. The summed E-state index contributed by atoms with van der Waals surface area (Å²) in [6.45, 7) is 0. The van der Waals surface area contributed by atoms with E-state index in [9.17, 15) is 15.0 Å². The molecule has 1 aliphatic rings. The number of carbonyl (C=O) groups is 1. The Morgan fingerprint density at radius 1 is 1.12 bits per heavy atom. The first kappa shape index (κ1) is 14.8. The smallest absolute Gasteiger partial charge is 0.304 e. The highest BCUT2D eigenvalue weighted by Gasteiger charge is 2.32. The second kappa shape index (κ2) is 5.69. The zero-order chi connectivity index (χ0) is 16.7. The van der Waals surface area contributed by atoms with Gasteiger partial charge in [0.1, 0.15) is 5.75 Å². The van der Waals surface area contributed by atoms with Crippen molar-refractivity contribution in [3.05, 3.63) is 65.4 Å². The maximum absolute atomic E-state index is 11.2. The first-order valence-electron chi connectivity index (χ1n) is 7.98. The number of aromatic amines is 1. The van der Waals surface area contributed by atoms with E-state index in [1.165, 1.54) is 0 Å². The van der Waals surface area contributed by atoms with Gasteiger partial charge in [0.25, 0.3) is 0 Å². The van der Waals surface area contributed by atoms with E-state index in [4.69, 9.17) is 0 Å². The molecule has 1 aromatic heterocycles. The maximum Gasteiger partial charge on any atom is 0.304 e. The number of nitrogens with one attached hydrogen (secondary N) is 2. The number of aliphatic carboxylic acids is 1. The Hall–Kier alpha value is -2.79. The lowest BCUT2D eigenvalue weighted by atomic mass is 9.89. The molecule has 0 saturated heterocycles. The molecule has 0 unspecified atom stereocenters. The first-order chi connectivity index (χ1) is 11.6. The fraction of sp³-hybridized carbons (Fsp3) is 0.211. The second-order valence-corrected chi connectivity index (χ2v) is 6.22. The topological polar surface area (TPSA) is 85.3 Å². The molecule has 0 amide bonds. The average molecular weight is 322 g/mol. The van der Waals surface area contributed by atoms with E-state index in [1.54, 1.807) is 12.1 Å².